The zero-order valence-corrected chi connectivity index (χ0v) is 12.0. The Morgan fingerprint density at radius 1 is 1.18 bits per heavy atom. The van der Waals surface area contributed by atoms with Gasteiger partial charge in [0.2, 0.25) is 0 Å². The molecule has 1 saturated heterocycles. The zero-order chi connectivity index (χ0) is 14.9. The predicted octanol–water partition coefficient (Wildman–Crippen LogP) is 1.44. The first-order valence-electron chi connectivity index (χ1n) is 7.20. The Bertz CT molecular complexity index is 795. The number of rotatable bonds is 2. The van der Waals surface area contributed by atoms with Gasteiger partial charge in [0, 0.05) is 42.6 Å². The number of nitrogen functional groups attached to an aromatic ring is 1. The summed E-state index contributed by atoms with van der Waals surface area (Å²) in [7, 11) is 0. The van der Waals surface area contributed by atoms with Crippen molar-refractivity contribution in [3.63, 3.8) is 0 Å². The highest BCUT2D eigenvalue weighted by Crippen LogP contribution is 2.30. The van der Waals surface area contributed by atoms with E-state index in [1.54, 1.807) is 12.4 Å². The average Bonchev–Trinajstić information content (AvgIpc) is 3.09. The summed E-state index contributed by atoms with van der Waals surface area (Å²) >= 11 is 0. The maximum atomic E-state index is 6.23. The Morgan fingerprint density at radius 3 is 2.82 bits per heavy atom. The highest BCUT2D eigenvalue weighted by Gasteiger charge is 2.16. The minimum atomic E-state index is 0.703. The fourth-order valence-corrected chi connectivity index (χ4v) is 2.70. The molecule has 0 atom stereocenters. The van der Waals surface area contributed by atoms with Gasteiger partial charge in [-0.05, 0) is 12.1 Å². The lowest BCUT2D eigenvalue weighted by Crippen LogP contribution is -2.36. The molecule has 7 nitrogen and oxygen atoms in total. The van der Waals surface area contributed by atoms with E-state index < -0.39 is 0 Å². The van der Waals surface area contributed by atoms with E-state index in [1.165, 1.54) is 0 Å². The molecule has 0 amide bonds. The lowest BCUT2D eigenvalue weighted by Gasteiger charge is -2.28. The molecule has 1 aliphatic heterocycles. The van der Waals surface area contributed by atoms with Crippen molar-refractivity contribution in [3.05, 3.63) is 30.6 Å². The molecule has 0 aliphatic carbocycles. The number of nitrogens with zero attached hydrogens (tertiary/aromatic N) is 4. The van der Waals surface area contributed by atoms with Crippen LogP contribution in [0.25, 0.3) is 22.3 Å². The molecular weight excluding hydrogens is 280 g/mol. The number of fused-ring (bicyclic) bond motifs is 1. The molecule has 0 aromatic carbocycles. The van der Waals surface area contributed by atoms with Gasteiger partial charge in [-0.15, -0.1) is 0 Å². The number of ether oxygens (including phenoxy) is 1. The first-order valence-corrected chi connectivity index (χ1v) is 7.20. The van der Waals surface area contributed by atoms with Crippen LogP contribution in [0.4, 0.5) is 11.5 Å². The monoisotopic (exact) mass is 296 g/mol. The first-order chi connectivity index (χ1) is 10.8. The van der Waals surface area contributed by atoms with Crippen LogP contribution in [0.5, 0.6) is 0 Å². The molecule has 3 aromatic rings. The third-order valence-electron chi connectivity index (χ3n) is 3.84. The minimum Gasteiger partial charge on any atom is -0.398 e. The highest BCUT2D eigenvalue weighted by atomic mass is 16.5. The number of morpholine rings is 1. The number of aromatic nitrogens is 4. The van der Waals surface area contributed by atoms with Crippen molar-refractivity contribution < 1.29 is 4.74 Å². The summed E-state index contributed by atoms with van der Waals surface area (Å²) in [5, 5.41) is 7.83. The lowest BCUT2D eigenvalue weighted by molar-refractivity contribution is 0.122. The largest absolute Gasteiger partial charge is 0.398 e. The second-order valence-electron chi connectivity index (χ2n) is 5.20. The molecule has 22 heavy (non-hydrogen) atoms. The molecule has 1 fully saturated rings. The maximum absolute atomic E-state index is 6.23. The van der Waals surface area contributed by atoms with E-state index in [2.05, 4.69) is 20.1 Å². The number of hydrogen-bond donors (Lipinski definition) is 2. The standard InChI is InChI=1S/C15H16N6O/c16-11-9-13(21-5-7-22-8-6-21)19-14-10(11)1-3-17-15(14)12-2-4-18-20-12/h1-4,9H,5-8H2,(H2,16,19)(H,18,20). The second kappa shape index (κ2) is 5.27. The minimum absolute atomic E-state index is 0.703. The summed E-state index contributed by atoms with van der Waals surface area (Å²) in [5.74, 6) is 0.863. The molecule has 0 saturated carbocycles. The van der Waals surface area contributed by atoms with Gasteiger partial charge < -0.3 is 15.4 Å². The smallest absolute Gasteiger partial charge is 0.131 e. The summed E-state index contributed by atoms with van der Waals surface area (Å²) in [4.78, 5) is 11.4. The van der Waals surface area contributed by atoms with Crippen LogP contribution in [0.15, 0.2) is 30.6 Å². The number of nitrogens with two attached hydrogens (primary N) is 1. The molecule has 0 spiro atoms. The van der Waals surface area contributed by atoms with E-state index in [-0.39, 0.29) is 0 Å². The Morgan fingerprint density at radius 2 is 2.05 bits per heavy atom. The van der Waals surface area contributed by atoms with Crippen LogP contribution >= 0.6 is 0 Å². The fraction of sp³-hybridized carbons (Fsp3) is 0.267. The van der Waals surface area contributed by atoms with Crippen LogP contribution in [-0.4, -0.2) is 46.5 Å². The van der Waals surface area contributed by atoms with Crippen LogP contribution in [0, 0.1) is 0 Å². The van der Waals surface area contributed by atoms with Crippen molar-refractivity contribution in [2.24, 2.45) is 0 Å². The Labute approximate surface area is 127 Å². The molecular formula is C15H16N6O. The van der Waals surface area contributed by atoms with Crippen molar-refractivity contribution in [1.29, 1.82) is 0 Å². The predicted molar refractivity (Wildman–Crippen MR) is 84.6 cm³/mol. The van der Waals surface area contributed by atoms with Gasteiger partial charge in [0.15, 0.2) is 0 Å². The molecule has 4 rings (SSSR count). The third-order valence-corrected chi connectivity index (χ3v) is 3.84. The van der Waals surface area contributed by atoms with Crippen molar-refractivity contribution >= 4 is 22.4 Å². The van der Waals surface area contributed by atoms with Crippen molar-refractivity contribution in [2.45, 2.75) is 0 Å². The van der Waals surface area contributed by atoms with Crippen LogP contribution in [0.3, 0.4) is 0 Å². The molecule has 4 heterocycles. The third kappa shape index (κ3) is 2.15. The summed E-state index contributed by atoms with van der Waals surface area (Å²) in [5.41, 5.74) is 9.31. The van der Waals surface area contributed by atoms with E-state index in [1.807, 2.05) is 18.2 Å². The molecule has 3 N–H and O–H groups in total. The summed E-state index contributed by atoms with van der Waals surface area (Å²) in [6, 6.07) is 5.69. The van der Waals surface area contributed by atoms with Gasteiger partial charge in [-0.25, -0.2) is 4.98 Å². The second-order valence-corrected chi connectivity index (χ2v) is 5.20. The van der Waals surface area contributed by atoms with Crippen LogP contribution in [0.2, 0.25) is 0 Å². The number of H-pyrrole nitrogens is 1. The molecule has 3 aromatic heterocycles. The van der Waals surface area contributed by atoms with Crippen LogP contribution in [0.1, 0.15) is 0 Å². The number of aromatic amines is 1. The summed E-state index contributed by atoms with van der Waals surface area (Å²) in [6.07, 6.45) is 3.44. The molecule has 0 radical (unpaired) electrons. The number of hydrogen-bond acceptors (Lipinski definition) is 6. The van der Waals surface area contributed by atoms with Crippen molar-refractivity contribution in [3.8, 4) is 11.4 Å². The van der Waals surface area contributed by atoms with Crippen molar-refractivity contribution in [2.75, 3.05) is 36.9 Å². The quantitative estimate of drug-likeness (QED) is 0.743. The van der Waals surface area contributed by atoms with E-state index in [0.29, 0.717) is 18.9 Å². The van der Waals surface area contributed by atoms with E-state index in [4.69, 9.17) is 15.5 Å². The Kier molecular flexibility index (Phi) is 3.12. The fourth-order valence-electron chi connectivity index (χ4n) is 2.70. The van der Waals surface area contributed by atoms with Gasteiger partial charge >= 0.3 is 0 Å². The van der Waals surface area contributed by atoms with Gasteiger partial charge in [-0.1, -0.05) is 0 Å². The molecule has 0 unspecified atom stereocenters. The number of nitrogens with one attached hydrogen (secondary N) is 1. The van der Waals surface area contributed by atoms with Crippen LogP contribution < -0.4 is 10.6 Å². The van der Waals surface area contributed by atoms with E-state index >= 15 is 0 Å². The number of anilines is 2. The number of pyridine rings is 2. The van der Waals surface area contributed by atoms with Gasteiger partial charge in [0.25, 0.3) is 0 Å². The first kappa shape index (κ1) is 13.0. The molecule has 0 bridgehead atoms. The summed E-state index contributed by atoms with van der Waals surface area (Å²) < 4.78 is 5.40. The van der Waals surface area contributed by atoms with Crippen molar-refractivity contribution in [1.82, 2.24) is 20.2 Å². The zero-order valence-electron chi connectivity index (χ0n) is 12.0. The molecule has 1 aliphatic rings. The van der Waals surface area contributed by atoms with Gasteiger partial charge in [-0.3, -0.25) is 10.1 Å². The average molecular weight is 296 g/mol. The Hall–Kier alpha value is -2.67. The van der Waals surface area contributed by atoms with Gasteiger partial charge in [0.05, 0.1) is 18.9 Å². The van der Waals surface area contributed by atoms with E-state index in [0.717, 1.165) is 41.2 Å². The highest BCUT2D eigenvalue weighted by molar-refractivity contribution is 5.98. The normalized spacial score (nSPS) is 15.4. The van der Waals surface area contributed by atoms with Gasteiger partial charge in [-0.2, -0.15) is 5.10 Å². The topological polar surface area (TPSA) is 93.0 Å². The lowest BCUT2D eigenvalue weighted by atomic mass is 10.1. The molecule has 112 valence electrons. The SMILES string of the molecule is Nc1cc(N2CCOCC2)nc2c(-c3ccn[nH]3)nccc12. The van der Waals surface area contributed by atoms with Gasteiger partial charge in [0.1, 0.15) is 17.0 Å². The van der Waals surface area contributed by atoms with E-state index in [9.17, 15) is 0 Å². The maximum Gasteiger partial charge on any atom is 0.131 e. The summed E-state index contributed by atoms with van der Waals surface area (Å²) in [6.45, 7) is 3.05. The Balaban J connectivity index is 1.89. The molecule has 7 heteroatoms. The van der Waals surface area contributed by atoms with Crippen LogP contribution in [-0.2, 0) is 4.74 Å².